The average molecular weight is 335 g/mol. The molecule has 0 atom stereocenters. The van der Waals surface area contributed by atoms with Crippen molar-refractivity contribution >= 4 is 40.9 Å². The van der Waals surface area contributed by atoms with E-state index in [0.717, 1.165) is 0 Å². The van der Waals surface area contributed by atoms with Gasteiger partial charge < -0.3 is 5.32 Å². The molecule has 2 aromatic carbocycles. The summed E-state index contributed by atoms with van der Waals surface area (Å²) in [6.45, 7) is 0. The highest BCUT2D eigenvalue weighted by Gasteiger charge is 2.10. The van der Waals surface area contributed by atoms with Crippen molar-refractivity contribution in [3.63, 3.8) is 0 Å². The summed E-state index contributed by atoms with van der Waals surface area (Å²) in [5.74, 6) is -1.09. The number of amides is 1. The fraction of sp³-hybridized carbons (Fsp3) is 0. The Labute approximate surface area is 136 Å². The number of nitriles is 1. The lowest BCUT2D eigenvalue weighted by Gasteiger charge is -2.05. The maximum absolute atomic E-state index is 13.1. The minimum absolute atomic E-state index is 0.165. The smallest absolute Gasteiger partial charge is 0.266 e. The van der Waals surface area contributed by atoms with Crippen LogP contribution in [0.15, 0.2) is 48.0 Å². The normalized spacial score (nSPS) is 10.9. The van der Waals surface area contributed by atoms with Gasteiger partial charge in [0, 0.05) is 15.7 Å². The highest BCUT2D eigenvalue weighted by molar-refractivity contribution is 6.35. The second-order valence-corrected chi connectivity index (χ2v) is 5.21. The molecule has 0 radical (unpaired) electrons. The van der Waals surface area contributed by atoms with Gasteiger partial charge in [-0.1, -0.05) is 35.3 Å². The van der Waals surface area contributed by atoms with Crippen LogP contribution in [-0.2, 0) is 4.79 Å². The van der Waals surface area contributed by atoms with E-state index >= 15 is 0 Å². The molecule has 6 heteroatoms. The summed E-state index contributed by atoms with van der Waals surface area (Å²) < 4.78 is 13.1. The minimum Gasteiger partial charge on any atom is -0.321 e. The third kappa shape index (κ3) is 4.32. The van der Waals surface area contributed by atoms with Crippen LogP contribution in [0, 0.1) is 17.1 Å². The van der Waals surface area contributed by atoms with E-state index in [1.54, 1.807) is 12.1 Å². The van der Waals surface area contributed by atoms with Crippen molar-refractivity contribution in [1.82, 2.24) is 0 Å². The first kappa shape index (κ1) is 16.0. The Balaban J connectivity index is 2.24. The first-order valence-corrected chi connectivity index (χ1v) is 6.88. The van der Waals surface area contributed by atoms with Gasteiger partial charge in [0.1, 0.15) is 17.5 Å². The number of halogens is 3. The van der Waals surface area contributed by atoms with Gasteiger partial charge in [0.25, 0.3) is 5.91 Å². The second kappa shape index (κ2) is 7.08. The number of hydrogen-bond acceptors (Lipinski definition) is 2. The summed E-state index contributed by atoms with van der Waals surface area (Å²) in [6.07, 6.45) is 1.30. The van der Waals surface area contributed by atoms with Crippen LogP contribution in [0.5, 0.6) is 0 Å². The Morgan fingerprint density at radius 1 is 1.18 bits per heavy atom. The average Bonchev–Trinajstić information content (AvgIpc) is 2.43. The zero-order valence-corrected chi connectivity index (χ0v) is 12.6. The van der Waals surface area contributed by atoms with Crippen LogP contribution in [0.25, 0.3) is 6.08 Å². The molecule has 2 aromatic rings. The zero-order chi connectivity index (χ0) is 16.1. The Hall–Kier alpha value is -2.35. The van der Waals surface area contributed by atoms with Gasteiger partial charge in [-0.2, -0.15) is 5.26 Å². The van der Waals surface area contributed by atoms with Gasteiger partial charge in [0.2, 0.25) is 0 Å². The zero-order valence-electron chi connectivity index (χ0n) is 11.1. The lowest BCUT2D eigenvalue weighted by molar-refractivity contribution is -0.112. The Morgan fingerprint density at radius 2 is 1.86 bits per heavy atom. The molecule has 22 heavy (non-hydrogen) atoms. The third-order valence-corrected chi connectivity index (χ3v) is 3.08. The van der Waals surface area contributed by atoms with Crippen LogP contribution >= 0.6 is 23.2 Å². The number of carbonyl (C=O) groups excluding carboxylic acids is 1. The van der Waals surface area contributed by atoms with Crippen molar-refractivity contribution < 1.29 is 9.18 Å². The molecule has 3 nitrogen and oxygen atoms in total. The molecule has 0 aliphatic carbocycles. The minimum atomic E-state index is -0.634. The Bertz CT molecular complexity index is 777. The van der Waals surface area contributed by atoms with Crippen molar-refractivity contribution in [2.45, 2.75) is 0 Å². The summed E-state index contributed by atoms with van der Waals surface area (Å²) in [5.41, 5.74) is 0.611. The van der Waals surface area contributed by atoms with Crippen molar-refractivity contribution in [2.24, 2.45) is 0 Å². The Morgan fingerprint density at radius 3 is 2.45 bits per heavy atom. The van der Waals surface area contributed by atoms with Gasteiger partial charge in [0.15, 0.2) is 0 Å². The van der Waals surface area contributed by atoms with E-state index in [0.29, 0.717) is 21.3 Å². The molecule has 0 bridgehead atoms. The topological polar surface area (TPSA) is 52.9 Å². The number of benzene rings is 2. The molecule has 0 unspecified atom stereocenters. The SMILES string of the molecule is N#C/C(=C\c1cccc(F)c1)C(=O)Nc1cc(Cl)cc(Cl)c1. The predicted molar refractivity (Wildman–Crippen MR) is 85.1 cm³/mol. The summed E-state index contributed by atoms with van der Waals surface area (Å²) >= 11 is 11.7. The standard InChI is InChI=1S/C16H9Cl2FN2O/c17-12-6-13(18)8-15(7-12)21-16(22)11(9-20)4-10-2-1-3-14(19)5-10/h1-8H,(H,21,22)/b11-4+. The molecule has 0 saturated carbocycles. The fourth-order valence-electron chi connectivity index (χ4n) is 1.74. The summed E-state index contributed by atoms with van der Waals surface area (Å²) in [4.78, 5) is 12.1. The molecular formula is C16H9Cl2FN2O. The van der Waals surface area contributed by atoms with Crippen molar-refractivity contribution in [2.75, 3.05) is 5.32 Å². The van der Waals surface area contributed by atoms with E-state index in [9.17, 15) is 9.18 Å². The fourth-order valence-corrected chi connectivity index (χ4v) is 2.26. The first-order valence-electron chi connectivity index (χ1n) is 6.13. The summed E-state index contributed by atoms with van der Waals surface area (Å²) in [6, 6.07) is 11.9. The van der Waals surface area contributed by atoms with E-state index in [1.165, 1.54) is 42.5 Å². The number of rotatable bonds is 3. The quantitative estimate of drug-likeness (QED) is 0.654. The molecule has 1 amide bonds. The molecule has 0 spiro atoms. The summed E-state index contributed by atoms with van der Waals surface area (Å²) in [7, 11) is 0. The molecule has 0 aliphatic heterocycles. The molecule has 1 N–H and O–H groups in total. The molecule has 0 saturated heterocycles. The van der Waals surface area contributed by atoms with E-state index in [2.05, 4.69) is 5.32 Å². The molecule has 0 aliphatic rings. The molecule has 0 fully saturated rings. The maximum atomic E-state index is 13.1. The molecular weight excluding hydrogens is 326 g/mol. The monoisotopic (exact) mass is 334 g/mol. The number of nitrogens with zero attached hydrogens (tertiary/aromatic N) is 1. The number of carbonyl (C=O) groups is 1. The largest absolute Gasteiger partial charge is 0.321 e. The van der Waals surface area contributed by atoms with Gasteiger partial charge in [-0.3, -0.25) is 4.79 Å². The number of nitrogens with one attached hydrogen (secondary N) is 1. The van der Waals surface area contributed by atoms with Crippen LogP contribution < -0.4 is 5.32 Å². The molecule has 0 aromatic heterocycles. The highest BCUT2D eigenvalue weighted by atomic mass is 35.5. The van der Waals surface area contributed by atoms with Crippen LogP contribution in [-0.4, -0.2) is 5.91 Å². The number of anilines is 1. The van der Waals surface area contributed by atoms with Crippen LogP contribution in [0.1, 0.15) is 5.56 Å². The van der Waals surface area contributed by atoms with Gasteiger partial charge in [0.05, 0.1) is 0 Å². The second-order valence-electron chi connectivity index (χ2n) is 4.34. The lowest BCUT2D eigenvalue weighted by Crippen LogP contribution is -2.13. The number of hydrogen-bond donors (Lipinski definition) is 1. The first-order chi connectivity index (χ1) is 10.5. The van der Waals surface area contributed by atoms with E-state index in [4.69, 9.17) is 28.5 Å². The maximum Gasteiger partial charge on any atom is 0.266 e. The molecule has 0 heterocycles. The van der Waals surface area contributed by atoms with Gasteiger partial charge in [-0.15, -0.1) is 0 Å². The van der Waals surface area contributed by atoms with E-state index in [1.807, 2.05) is 0 Å². The highest BCUT2D eigenvalue weighted by Crippen LogP contribution is 2.23. The predicted octanol–water partition coefficient (Wildman–Crippen LogP) is 4.68. The van der Waals surface area contributed by atoms with Crippen molar-refractivity contribution in [1.29, 1.82) is 5.26 Å². The van der Waals surface area contributed by atoms with Crippen LogP contribution in [0.2, 0.25) is 10.0 Å². The molecule has 110 valence electrons. The Kier molecular flexibility index (Phi) is 5.16. The lowest BCUT2D eigenvalue weighted by atomic mass is 10.1. The van der Waals surface area contributed by atoms with E-state index in [-0.39, 0.29) is 5.57 Å². The van der Waals surface area contributed by atoms with Crippen LogP contribution in [0.3, 0.4) is 0 Å². The van der Waals surface area contributed by atoms with E-state index < -0.39 is 11.7 Å². The van der Waals surface area contributed by atoms with Crippen molar-refractivity contribution in [3.8, 4) is 6.07 Å². The van der Waals surface area contributed by atoms with Crippen molar-refractivity contribution in [3.05, 3.63) is 69.5 Å². The van der Waals surface area contributed by atoms with Crippen LogP contribution in [0.4, 0.5) is 10.1 Å². The summed E-state index contributed by atoms with van der Waals surface area (Å²) in [5, 5.41) is 12.3. The van der Waals surface area contributed by atoms with Gasteiger partial charge in [-0.25, -0.2) is 4.39 Å². The third-order valence-electron chi connectivity index (χ3n) is 2.65. The molecule has 2 rings (SSSR count). The van der Waals surface area contributed by atoms with Gasteiger partial charge >= 0.3 is 0 Å². The van der Waals surface area contributed by atoms with Gasteiger partial charge in [-0.05, 0) is 42.0 Å².